The molecule has 0 amide bonds. The van der Waals surface area contributed by atoms with Crippen LogP contribution in [0.3, 0.4) is 0 Å². The predicted octanol–water partition coefficient (Wildman–Crippen LogP) is 4.67. The molecule has 0 radical (unpaired) electrons. The fourth-order valence-corrected chi connectivity index (χ4v) is 3.41. The summed E-state index contributed by atoms with van der Waals surface area (Å²) in [4.78, 5) is 13.3. The first kappa shape index (κ1) is 14.7. The van der Waals surface area contributed by atoms with E-state index in [0.717, 1.165) is 35.3 Å². The molecule has 0 unspecified atom stereocenters. The monoisotopic (exact) mass is 313 g/mol. The number of ketones is 1. The van der Waals surface area contributed by atoms with E-state index in [1.165, 1.54) is 5.56 Å². The molecule has 0 spiro atoms. The molecular weight excluding hydrogens is 294 g/mol. The highest BCUT2D eigenvalue weighted by atomic mass is 16.1. The molecule has 3 aromatic carbocycles. The Balaban J connectivity index is 1.77. The van der Waals surface area contributed by atoms with Crippen LogP contribution in [0.4, 0.5) is 5.69 Å². The molecule has 2 nitrogen and oxygen atoms in total. The Bertz CT molecular complexity index is 816. The van der Waals surface area contributed by atoms with Crippen molar-refractivity contribution in [3.63, 3.8) is 0 Å². The molecule has 3 aromatic rings. The quantitative estimate of drug-likeness (QED) is 0.709. The summed E-state index contributed by atoms with van der Waals surface area (Å²) in [5.74, 6) is -0.109. The molecule has 0 saturated carbocycles. The number of anilines is 1. The van der Waals surface area contributed by atoms with E-state index in [0.29, 0.717) is 0 Å². The second-order valence-electron chi connectivity index (χ2n) is 6.17. The smallest absolute Gasteiger partial charge is 0.174 e. The number of hydrogen-bond donors (Lipinski definition) is 1. The number of carbonyl (C=O) groups excluding carboxylic acids is 1. The number of hydrogen-bond acceptors (Lipinski definition) is 2. The summed E-state index contributed by atoms with van der Waals surface area (Å²) in [6, 6.07) is 26.1. The molecule has 0 aromatic heterocycles. The molecule has 1 aliphatic rings. The van der Waals surface area contributed by atoms with Gasteiger partial charge in [-0.2, -0.15) is 0 Å². The molecule has 0 atom stereocenters. The van der Waals surface area contributed by atoms with Crippen LogP contribution in [-0.2, 0) is 6.42 Å². The highest BCUT2D eigenvalue weighted by Gasteiger charge is 2.24. The molecule has 118 valence electrons. The van der Waals surface area contributed by atoms with Gasteiger partial charge in [0.1, 0.15) is 0 Å². The minimum absolute atomic E-state index is 0.155. The van der Waals surface area contributed by atoms with Gasteiger partial charge in [-0.15, -0.1) is 0 Å². The number of Topliss-reactive ketones (excluding diaryl/α,β-unsaturated/α-hetero) is 1. The van der Waals surface area contributed by atoms with Gasteiger partial charge in [-0.25, -0.2) is 0 Å². The summed E-state index contributed by atoms with van der Waals surface area (Å²) in [5, 5.41) is 3.35. The average molecular weight is 313 g/mol. The topological polar surface area (TPSA) is 29.1 Å². The van der Waals surface area contributed by atoms with Gasteiger partial charge in [0.05, 0.1) is 5.92 Å². The SMILES string of the molecule is O=C(c1ccc2c(c1)CCN2)C(c1ccccc1)c1ccccc1. The van der Waals surface area contributed by atoms with E-state index in [1.54, 1.807) is 0 Å². The van der Waals surface area contributed by atoms with E-state index in [2.05, 4.69) is 11.4 Å². The Kier molecular flexibility index (Phi) is 3.87. The van der Waals surface area contributed by atoms with Gasteiger partial charge >= 0.3 is 0 Å². The molecule has 1 heterocycles. The predicted molar refractivity (Wildman–Crippen MR) is 97.7 cm³/mol. The van der Waals surface area contributed by atoms with Crippen LogP contribution in [0.1, 0.15) is 33.0 Å². The lowest BCUT2D eigenvalue weighted by Gasteiger charge is -2.17. The van der Waals surface area contributed by atoms with Crippen LogP contribution >= 0.6 is 0 Å². The minimum atomic E-state index is -0.264. The van der Waals surface area contributed by atoms with Crippen molar-refractivity contribution < 1.29 is 4.79 Å². The number of benzene rings is 3. The van der Waals surface area contributed by atoms with E-state index in [4.69, 9.17) is 0 Å². The van der Waals surface area contributed by atoms with E-state index in [1.807, 2.05) is 72.8 Å². The molecule has 2 heteroatoms. The Labute approximate surface area is 142 Å². The zero-order chi connectivity index (χ0) is 16.4. The number of nitrogens with one attached hydrogen (secondary N) is 1. The van der Waals surface area contributed by atoms with Crippen molar-refractivity contribution in [2.75, 3.05) is 11.9 Å². The third-order valence-corrected chi connectivity index (χ3v) is 4.63. The van der Waals surface area contributed by atoms with Gasteiger partial charge < -0.3 is 5.32 Å². The van der Waals surface area contributed by atoms with Crippen molar-refractivity contribution in [2.24, 2.45) is 0 Å². The van der Waals surface area contributed by atoms with Crippen LogP contribution in [0.25, 0.3) is 0 Å². The van der Waals surface area contributed by atoms with Gasteiger partial charge in [-0.1, -0.05) is 60.7 Å². The summed E-state index contributed by atoms with van der Waals surface area (Å²) < 4.78 is 0. The third kappa shape index (κ3) is 2.71. The maximum Gasteiger partial charge on any atom is 0.174 e. The standard InChI is InChI=1S/C22H19NO/c24-22(19-11-12-20-18(15-19)13-14-23-20)21(16-7-3-1-4-8-16)17-9-5-2-6-10-17/h1-12,15,21,23H,13-14H2. The Morgan fingerprint density at radius 3 is 2.08 bits per heavy atom. The first-order valence-electron chi connectivity index (χ1n) is 8.34. The maximum atomic E-state index is 13.3. The van der Waals surface area contributed by atoms with Gasteiger partial charge in [0.25, 0.3) is 0 Å². The molecule has 1 N–H and O–H groups in total. The van der Waals surface area contributed by atoms with Crippen molar-refractivity contribution in [3.05, 3.63) is 101 Å². The van der Waals surface area contributed by atoms with Crippen molar-refractivity contribution >= 4 is 11.5 Å². The lowest BCUT2D eigenvalue weighted by molar-refractivity contribution is 0.0974. The summed E-state index contributed by atoms with van der Waals surface area (Å²) >= 11 is 0. The summed E-state index contributed by atoms with van der Waals surface area (Å²) in [7, 11) is 0. The van der Waals surface area contributed by atoms with Crippen molar-refractivity contribution in [1.29, 1.82) is 0 Å². The van der Waals surface area contributed by atoms with E-state index in [-0.39, 0.29) is 11.7 Å². The largest absolute Gasteiger partial charge is 0.384 e. The highest BCUT2D eigenvalue weighted by Crippen LogP contribution is 2.31. The Hall–Kier alpha value is -2.87. The fraction of sp³-hybridized carbons (Fsp3) is 0.136. The van der Waals surface area contributed by atoms with Gasteiger partial charge in [0.15, 0.2) is 5.78 Å². The van der Waals surface area contributed by atoms with Crippen LogP contribution < -0.4 is 5.32 Å². The number of carbonyl (C=O) groups is 1. The van der Waals surface area contributed by atoms with Crippen LogP contribution in [0.5, 0.6) is 0 Å². The zero-order valence-corrected chi connectivity index (χ0v) is 13.4. The van der Waals surface area contributed by atoms with Crippen LogP contribution in [0, 0.1) is 0 Å². The Morgan fingerprint density at radius 1 is 0.833 bits per heavy atom. The summed E-state index contributed by atoms with van der Waals surface area (Å²) in [6.45, 7) is 0.952. The van der Waals surface area contributed by atoms with E-state index >= 15 is 0 Å². The first-order chi connectivity index (χ1) is 11.8. The normalized spacial score (nSPS) is 12.7. The van der Waals surface area contributed by atoms with E-state index < -0.39 is 0 Å². The second-order valence-corrected chi connectivity index (χ2v) is 6.17. The molecular formula is C22H19NO. The molecule has 0 saturated heterocycles. The summed E-state index contributed by atoms with van der Waals surface area (Å²) in [6.07, 6.45) is 0.984. The van der Waals surface area contributed by atoms with Crippen LogP contribution in [0.2, 0.25) is 0 Å². The van der Waals surface area contributed by atoms with Crippen molar-refractivity contribution in [1.82, 2.24) is 0 Å². The van der Waals surface area contributed by atoms with Gasteiger partial charge in [-0.3, -0.25) is 4.79 Å². The van der Waals surface area contributed by atoms with Crippen LogP contribution in [0.15, 0.2) is 78.9 Å². The first-order valence-corrected chi connectivity index (χ1v) is 8.34. The van der Waals surface area contributed by atoms with Crippen molar-refractivity contribution in [3.8, 4) is 0 Å². The molecule has 0 bridgehead atoms. The highest BCUT2D eigenvalue weighted by molar-refractivity contribution is 6.03. The summed E-state index contributed by atoms with van der Waals surface area (Å²) in [5.41, 5.74) is 5.25. The van der Waals surface area contributed by atoms with Crippen LogP contribution in [-0.4, -0.2) is 12.3 Å². The Morgan fingerprint density at radius 2 is 1.46 bits per heavy atom. The maximum absolute atomic E-state index is 13.3. The fourth-order valence-electron chi connectivity index (χ4n) is 3.41. The number of rotatable bonds is 4. The molecule has 0 fully saturated rings. The molecule has 24 heavy (non-hydrogen) atoms. The van der Waals surface area contributed by atoms with Gasteiger partial charge in [-0.05, 0) is 41.3 Å². The van der Waals surface area contributed by atoms with Gasteiger partial charge in [0.2, 0.25) is 0 Å². The minimum Gasteiger partial charge on any atom is -0.384 e. The van der Waals surface area contributed by atoms with Gasteiger partial charge in [0, 0.05) is 17.8 Å². The third-order valence-electron chi connectivity index (χ3n) is 4.63. The van der Waals surface area contributed by atoms with E-state index in [9.17, 15) is 4.79 Å². The number of fused-ring (bicyclic) bond motifs is 1. The molecule has 1 aliphatic heterocycles. The molecule has 0 aliphatic carbocycles. The lowest BCUT2D eigenvalue weighted by atomic mass is 9.84. The second kappa shape index (κ2) is 6.32. The zero-order valence-electron chi connectivity index (χ0n) is 13.4. The average Bonchev–Trinajstić information content (AvgIpc) is 3.11. The lowest BCUT2D eigenvalue weighted by Crippen LogP contribution is -2.14. The molecule has 4 rings (SSSR count). The van der Waals surface area contributed by atoms with Crippen molar-refractivity contribution in [2.45, 2.75) is 12.3 Å².